The number of hydrogen-bond donors (Lipinski definition) is 3. The lowest BCUT2D eigenvalue weighted by Crippen LogP contribution is -2.31. The molecule has 3 nitrogen and oxygen atoms in total. The summed E-state index contributed by atoms with van der Waals surface area (Å²) in [7, 11) is 1.93. The van der Waals surface area contributed by atoms with Crippen molar-refractivity contribution in [2.45, 2.75) is 25.3 Å². The first-order valence-electron chi connectivity index (χ1n) is 4.92. The number of benzene rings is 1. The van der Waals surface area contributed by atoms with E-state index in [2.05, 4.69) is 5.32 Å². The minimum Gasteiger partial charge on any atom is -0.508 e. The molecule has 1 atom stereocenters. The molecule has 2 rings (SSSR count). The quantitative estimate of drug-likeness (QED) is 0.684. The third-order valence-electron chi connectivity index (χ3n) is 2.98. The van der Waals surface area contributed by atoms with Crippen molar-refractivity contribution >= 4 is 17.0 Å². The van der Waals surface area contributed by atoms with E-state index in [1.165, 1.54) is 0 Å². The summed E-state index contributed by atoms with van der Waals surface area (Å²) >= 11 is 0. The number of fused-ring (bicyclic) bond motifs is 1. The highest BCUT2D eigenvalue weighted by molar-refractivity contribution is 8.93. The van der Waals surface area contributed by atoms with Crippen LogP contribution in [-0.2, 0) is 12.8 Å². The zero-order valence-electron chi connectivity index (χ0n) is 8.66. The molecule has 0 bridgehead atoms. The van der Waals surface area contributed by atoms with Crippen LogP contribution < -0.4 is 5.32 Å². The zero-order chi connectivity index (χ0) is 10.1. The minimum atomic E-state index is 0. The van der Waals surface area contributed by atoms with E-state index >= 15 is 0 Å². The molecule has 0 saturated carbocycles. The van der Waals surface area contributed by atoms with Crippen molar-refractivity contribution in [2.75, 3.05) is 7.05 Å². The van der Waals surface area contributed by atoms with Gasteiger partial charge in [-0.1, -0.05) is 0 Å². The van der Waals surface area contributed by atoms with E-state index in [1.54, 1.807) is 12.1 Å². The zero-order valence-corrected chi connectivity index (χ0v) is 10.4. The second-order valence-corrected chi connectivity index (χ2v) is 3.79. The van der Waals surface area contributed by atoms with E-state index in [1.807, 2.05) is 7.05 Å². The average Bonchev–Trinajstić information content (AvgIpc) is 2.23. The number of phenols is 2. The Morgan fingerprint density at radius 3 is 2.40 bits per heavy atom. The predicted octanol–water partition coefficient (Wildman–Crippen LogP) is 1.75. The van der Waals surface area contributed by atoms with Crippen molar-refractivity contribution in [3.05, 3.63) is 23.3 Å². The normalized spacial score (nSPS) is 19.1. The number of nitrogens with one attached hydrogen (secondary N) is 1. The fraction of sp³-hybridized carbons (Fsp3) is 0.455. The first-order valence-corrected chi connectivity index (χ1v) is 4.92. The Labute approximate surface area is 99.9 Å². The number of hydrogen-bond acceptors (Lipinski definition) is 3. The van der Waals surface area contributed by atoms with Gasteiger partial charge in [0, 0.05) is 17.2 Å². The molecule has 1 aromatic rings. The maximum atomic E-state index is 9.66. The largest absolute Gasteiger partial charge is 0.508 e. The highest BCUT2D eigenvalue weighted by Crippen LogP contribution is 2.34. The summed E-state index contributed by atoms with van der Waals surface area (Å²) in [6, 6.07) is 3.54. The van der Waals surface area contributed by atoms with E-state index in [0.717, 1.165) is 30.4 Å². The van der Waals surface area contributed by atoms with E-state index in [4.69, 9.17) is 0 Å². The van der Waals surface area contributed by atoms with E-state index in [0.29, 0.717) is 17.5 Å². The van der Waals surface area contributed by atoms with Crippen molar-refractivity contribution < 1.29 is 10.2 Å². The van der Waals surface area contributed by atoms with E-state index < -0.39 is 0 Å². The predicted molar refractivity (Wildman–Crippen MR) is 65.0 cm³/mol. The second-order valence-electron chi connectivity index (χ2n) is 3.79. The van der Waals surface area contributed by atoms with Crippen molar-refractivity contribution in [2.24, 2.45) is 0 Å². The van der Waals surface area contributed by atoms with Gasteiger partial charge >= 0.3 is 0 Å². The van der Waals surface area contributed by atoms with Gasteiger partial charge in [0.25, 0.3) is 0 Å². The molecule has 1 aliphatic rings. The molecule has 0 saturated heterocycles. The molecule has 0 heterocycles. The molecular weight excluding hydrogens is 258 g/mol. The van der Waals surface area contributed by atoms with Crippen LogP contribution in [0.3, 0.4) is 0 Å². The van der Waals surface area contributed by atoms with Gasteiger partial charge in [-0.05, 0) is 38.4 Å². The highest BCUT2D eigenvalue weighted by atomic mass is 79.9. The van der Waals surface area contributed by atoms with Crippen LogP contribution in [0.1, 0.15) is 17.5 Å². The smallest absolute Gasteiger partial charge is 0.119 e. The molecule has 1 aromatic carbocycles. The van der Waals surface area contributed by atoms with E-state index in [9.17, 15) is 10.2 Å². The molecule has 0 amide bonds. The molecule has 0 fully saturated rings. The Morgan fingerprint density at radius 1 is 1.20 bits per heavy atom. The fourth-order valence-corrected chi connectivity index (χ4v) is 2.09. The van der Waals surface area contributed by atoms with Crippen LogP contribution in [-0.4, -0.2) is 23.3 Å². The molecule has 0 radical (unpaired) electrons. The number of halogens is 1. The van der Waals surface area contributed by atoms with Gasteiger partial charge in [0.1, 0.15) is 11.5 Å². The van der Waals surface area contributed by atoms with Gasteiger partial charge in [-0.3, -0.25) is 0 Å². The molecule has 0 spiro atoms. The lowest BCUT2D eigenvalue weighted by Gasteiger charge is -2.25. The molecule has 3 N–H and O–H groups in total. The van der Waals surface area contributed by atoms with Gasteiger partial charge < -0.3 is 15.5 Å². The number of likely N-dealkylation sites (N-methyl/N-ethyl adjacent to an activating group) is 1. The minimum absolute atomic E-state index is 0. The van der Waals surface area contributed by atoms with Crippen LogP contribution in [0.5, 0.6) is 11.5 Å². The van der Waals surface area contributed by atoms with Gasteiger partial charge in [0.15, 0.2) is 0 Å². The van der Waals surface area contributed by atoms with Crippen molar-refractivity contribution in [3.8, 4) is 11.5 Å². The first-order chi connectivity index (χ1) is 6.72. The third kappa shape index (κ3) is 2.26. The fourth-order valence-electron chi connectivity index (χ4n) is 2.09. The maximum Gasteiger partial charge on any atom is 0.119 e. The standard InChI is InChI=1S/C11H15NO2.BrH/c1-12-7-2-3-8-9(6-7)11(14)5-4-10(8)13;/h4-5,7,12-14H,2-3,6H2,1H3;1H. The summed E-state index contributed by atoms with van der Waals surface area (Å²) in [5, 5.41) is 22.5. The van der Waals surface area contributed by atoms with E-state index in [-0.39, 0.29) is 17.0 Å². The van der Waals surface area contributed by atoms with Crippen molar-refractivity contribution in [3.63, 3.8) is 0 Å². The van der Waals surface area contributed by atoms with Crippen LogP contribution in [0, 0.1) is 0 Å². The lowest BCUT2D eigenvalue weighted by atomic mass is 9.87. The van der Waals surface area contributed by atoms with Gasteiger partial charge in [0.05, 0.1) is 0 Å². The molecule has 15 heavy (non-hydrogen) atoms. The van der Waals surface area contributed by atoms with Gasteiger partial charge in [0.2, 0.25) is 0 Å². The number of aromatic hydroxyl groups is 2. The summed E-state index contributed by atoms with van der Waals surface area (Å²) < 4.78 is 0. The topological polar surface area (TPSA) is 52.5 Å². The molecule has 0 aliphatic heterocycles. The number of phenolic OH excluding ortho intramolecular Hbond substituents is 2. The Hall–Kier alpha value is -0.740. The Kier molecular flexibility index (Phi) is 3.99. The monoisotopic (exact) mass is 273 g/mol. The Balaban J connectivity index is 0.00000112. The first kappa shape index (κ1) is 12.3. The average molecular weight is 274 g/mol. The highest BCUT2D eigenvalue weighted by Gasteiger charge is 2.22. The third-order valence-corrected chi connectivity index (χ3v) is 2.98. The van der Waals surface area contributed by atoms with Crippen molar-refractivity contribution in [1.82, 2.24) is 5.32 Å². The Morgan fingerprint density at radius 2 is 1.80 bits per heavy atom. The van der Waals surface area contributed by atoms with Crippen LogP contribution >= 0.6 is 17.0 Å². The molecule has 4 heteroatoms. The number of rotatable bonds is 1. The van der Waals surface area contributed by atoms with Gasteiger partial charge in [-0.2, -0.15) is 0 Å². The lowest BCUT2D eigenvalue weighted by molar-refractivity contribution is 0.419. The Bertz CT molecular complexity index is 355. The second kappa shape index (κ2) is 4.86. The molecule has 0 aromatic heterocycles. The summed E-state index contributed by atoms with van der Waals surface area (Å²) in [6.45, 7) is 0. The van der Waals surface area contributed by atoms with Crippen LogP contribution in [0.2, 0.25) is 0 Å². The van der Waals surface area contributed by atoms with Crippen LogP contribution in [0.25, 0.3) is 0 Å². The summed E-state index contributed by atoms with van der Waals surface area (Å²) in [5.74, 6) is 0.616. The molecule has 1 unspecified atom stereocenters. The molecule has 84 valence electrons. The summed E-state index contributed by atoms with van der Waals surface area (Å²) in [6.07, 6.45) is 2.65. The molecule has 1 aliphatic carbocycles. The van der Waals surface area contributed by atoms with Crippen LogP contribution in [0.15, 0.2) is 12.1 Å². The van der Waals surface area contributed by atoms with Gasteiger partial charge in [-0.25, -0.2) is 0 Å². The maximum absolute atomic E-state index is 9.66. The molecular formula is C11H16BrNO2. The SMILES string of the molecule is Br.CNC1CCc2c(O)ccc(O)c2C1. The van der Waals surface area contributed by atoms with Gasteiger partial charge in [-0.15, -0.1) is 17.0 Å². The van der Waals surface area contributed by atoms with Crippen molar-refractivity contribution in [1.29, 1.82) is 0 Å². The van der Waals surface area contributed by atoms with Crippen LogP contribution in [0.4, 0.5) is 0 Å². The summed E-state index contributed by atoms with van der Waals surface area (Å²) in [4.78, 5) is 0. The summed E-state index contributed by atoms with van der Waals surface area (Å²) in [5.41, 5.74) is 1.81.